The summed E-state index contributed by atoms with van der Waals surface area (Å²) in [5.41, 5.74) is 0.436. The zero-order valence-corrected chi connectivity index (χ0v) is 11.5. The lowest BCUT2D eigenvalue weighted by Crippen LogP contribution is -2.04. The molecular formula is C15H12N2O4. The third-order valence-corrected chi connectivity index (χ3v) is 3.00. The Balaban J connectivity index is 2.22. The molecule has 6 nitrogen and oxygen atoms in total. The molecule has 0 saturated carbocycles. The summed E-state index contributed by atoms with van der Waals surface area (Å²) < 4.78 is 15.6. The number of methoxy groups -OCH3 is 2. The highest BCUT2D eigenvalue weighted by Crippen LogP contribution is 2.28. The highest BCUT2D eigenvalue weighted by atomic mass is 16.5. The molecule has 0 amide bonds. The first-order valence-corrected chi connectivity index (χ1v) is 6.20. The highest BCUT2D eigenvalue weighted by Gasteiger charge is 2.11. The molecule has 0 N–H and O–H groups in total. The van der Waals surface area contributed by atoms with E-state index in [1.54, 1.807) is 50.7 Å². The van der Waals surface area contributed by atoms with Gasteiger partial charge in [-0.15, -0.1) is 0 Å². The van der Waals surface area contributed by atoms with Crippen LogP contribution in [0.5, 0.6) is 11.5 Å². The lowest BCUT2D eigenvalue weighted by molar-refractivity contribution is 0.394. The van der Waals surface area contributed by atoms with Crippen molar-refractivity contribution in [1.82, 2.24) is 9.97 Å². The predicted molar refractivity (Wildman–Crippen MR) is 76.6 cm³/mol. The number of hydrogen-bond acceptors (Lipinski definition) is 6. The van der Waals surface area contributed by atoms with Crippen LogP contribution in [0.15, 0.2) is 45.7 Å². The van der Waals surface area contributed by atoms with Gasteiger partial charge in [0.1, 0.15) is 16.9 Å². The molecule has 1 aromatic carbocycles. The zero-order chi connectivity index (χ0) is 14.8. The minimum atomic E-state index is -0.482. The lowest BCUT2D eigenvalue weighted by Gasteiger charge is -2.07. The predicted octanol–water partition coefficient (Wildman–Crippen LogP) is 2.27. The van der Waals surface area contributed by atoms with Gasteiger partial charge in [-0.1, -0.05) is 0 Å². The quantitative estimate of drug-likeness (QED) is 0.734. The van der Waals surface area contributed by atoms with Gasteiger partial charge in [-0.3, -0.25) is 0 Å². The van der Waals surface area contributed by atoms with E-state index in [1.807, 2.05) is 0 Å². The molecule has 2 aromatic heterocycles. The molecule has 2 heterocycles. The van der Waals surface area contributed by atoms with Crippen molar-refractivity contribution in [3.63, 3.8) is 0 Å². The molecule has 0 atom stereocenters. The maximum Gasteiger partial charge on any atom is 0.348 e. The minimum Gasteiger partial charge on any atom is -0.497 e. The molecule has 0 radical (unpaired) electrons. The Kier molecular flexibility index (Phi) is 3.27. The van der Waals surface area contributed by atoms with E-state index < -0.39 is 5.63 Å². The second-order valence-electron chi connectivity index (χ2n) is 4.28. The van der Waals surface area contributed by atoms with E-state index in [2.05, 4.69) is 9.97 Å². The van der Waals surface area contributed by atoms with Crippen LogP contribution >= 0.6 is 0 Å². The standard InChI is InChI=1S/C15H12N2O4/c1-19-10-6-9(7-11(8-10)20-2)14-17-13-12(15(18)21-14)4-3-5-16-13/h3-8H,1-2H3. The molecule has 106 valence electrons. The molecular weight excluding hydrogens is 272 g/mol. The van der Waals surface area contributed by atoms with Crippen molar-refractivity contribution < 1.29 is 13.9 Å². The molecule has 6 heteroatoms. The van der Waals surface area contributed by atoms with Crippen LogP contribution in [0.25, 0.3) is 22.5 Å². The van der Waals surface area contributed by atoms with E-state index in [9.17, 15) is 4.79 Å². The number of fused-ring (bicyclic) bond motifs is 1. The molecule has 0 fully saturated rings. The van der Waals surface area contributed by atoms with Crippen LogP contribution in [-0.4, -0.2) is 24.2 Å². The van der Waals surface area contributed by atoms with Gasteiger partial charge in [0.2, 0.25) is 5.89 Å². The van der Waals surface area contributed by atoms with Gasteiger partial charge >= 0.3 is 5.63 Å². The molecule has 0 spiro atoms. The second kappa shape index (κ2) is 5.24. The Bertz CT molecular complexity index is 835. The molecule has 0 bridgehead atoms. The maximum absolute atomic E-state index is 12.0. The van der Waals surface area contributed by atoms with Gasteiger partial charge < -0.3 is 13.9 Å². The number of aromatic nitrogens is 2. The average Bonchev–Trinajstić information content (AvgIpc) is 2.54. The average molecular weight is 284 g/mol. The van der Waals surface area contributed by atoms with Crippen molar-refractivity contribution in [2.24, 2.45) is 0 Å². The minimum absolute atomic E-state index is 0.170. The Morgan fingerprint density at radius 2 is 1.81 bits per heavy atom. The summed E-state index contributed by atoms with van der Waals surface area (Å²) in [6, 6.07) is 8.43. The third-order valence-electron chi connectivity index (χ3n) is 3.00. The van der Waals surface area contributed by atoms with Crippen molar-refractivity contribution >= 4 is 11.0 Å². The summed E-state index contributed by atoms with van der Waals surface area (Å²) in [5.74, 6) is 1.33. The van der Waals surface area contributed by atoms with Crippen LogP contribution in [0, 0.1) is 0 Å². The van der Waals surface area contributed by atoms with Crippen molar-refractivity contribution in [2.45, 2.75) is 0 Å². The Morgan fingerprint density at radius 3 is 2.48 bits per heavy atom. The van der Waals surface area contributed by atoms with E-state index in [0.717, 1.165) is 0 Å². The van der Waals surface area contributed by atoms with Crippen molar-refractivity contribution in [3.05, 3.63) is 46.9 Å². The van der Waals surface area contributed by atoms with Gasteiger partial charge in [-0.2, -0.15) is 4.98 Å². The monoisotopic (exact) mass is 284 g/mol. The second-order valence-corrected chi connectivity index (χ2v) is 4.28. The third kappa shape index (κ3) is 2.43. The molecule has 0 aliphatic heterocycles. The Labute approximate surface area is 120 Å². The Hall–Kier alpha value is -2.89. The smallest absolute Gasteiger partial charge is 0.348 e. The summed E-state index contributed by atoms with van der Waals surface area (Å²) >= 11 is 0. The van der Waals surface area contributed by atoms with Gasteiger partial charge in [0, 0.05) is 17.8 Å². The van der Waals surface area contributed by atoms with Gasteiger partial charge in [-0.25, -0.2) is 9.78 Å². The van der Waals surface area contributed by atoms with E-state index in [0.29, 0.717) is 28.1 Å². The van der Waals surface area contributed by atoms with Crippen LogP contribution in [0.1, 0.15) is 0 Å². The fourth-order valence-electron chi connectivity index (χ4n) is 1.96. The van der Waals surface area contributed by atoms with Gasteiger partial charge in [0.05, 0.1) is 14.2 Å². The summed E-state index contributed by atoms with van der Waals surface area (Å²) in [7, 11) is 3.09. The summed E-state index contributed by atoms with van der Waals surface area (Å²) in [5, 5.41) is 0.344. The summed E-state index contributed by atoms with van der Waals surface area (Å²) in [6.45, 7) is 0. The van der Waals surface area contributed by atoms with Crippen LogP contribution in [0.4, 0.5) is 0 Å². The first-order valence-electron chi connectivity index (χ1n) is 6.20. The molecule has 21 heavy (non-hydrogen) atoms. The fraction of sp³-hybridized carbons (Fsp3) is 0.133. The number of hydrogen-bond donors (Lipinski definition) is 0. The number of nitrogens with zero attached hydrogens (tertiary/aromatic N) is 2. The number of rotatable bonds is 3. The normalized spacial score (nSPS) is 10.6. The Morgan fingerprint density at radius 1 is 1.10 bits per heavy atom. The summed E-state index contributed by atoms with van der Waals surface area (Å²) in [6.07, 6.45) is 1.57. The zero-order valence-electron chi connectivity index (χ0n) is 11.5. The first-order chi connectivity index (χ1) is 10.2. The van der Waals surface area contributed by atoms with Crippen LogP contribution in [0.3, 0.4) is 0 Å². The molecule has 3 rings (SSSR count). The molecule has 0 unspecified atom stereocenters. The van der Waals surface area contributed by atoms with Crippen molar-refractivity contribution in [1.29, 1.82) is 0 Å². The van der Waals surface area contributed by atoms with Crippen LogP contribution in [0.2, 0.25) is 0 Å². The molecule has 0 saturated heterocycles. The highest BCUT2D eigenvalue weighted by molar-refractivity contribution is 5.74. The first kappa shape index (κ1) is 13.1. The van der Waals surface area contributed by atoms with Crippen LogP contribution < -0.4 is 15.1 Å². The molecule has 0 aliphatic carbocycles. The van der Waals surface area contributed by atoms with Gasteiger partial charge in [0.15, 0.2) is 5.65 Å². The number of benzene rings is 1. The maximum atomic E-state index is 12.0. The van der Waals surface area contributed by atoms with E-state index in [-0.39, 0.29) is 5.89 Å². The molecule has 0 aliphatic rings. The van der Waals surface area contributed by atoms with Gasteiger partial charge in [0.25, 0.3) is 0 Å². The van der Waals surface area contributed by atoms with Crippen LogP contribution in [-0.2, 0) is 0 Å². The topological polar surface area (TPSA) is 74.5 Å². The van der Waals surface area contributed by atoms with E-state index in [1.165, 1.54) is 0 Å². The van der Waals surface area contributed by atoms with E-state index >= 15 is 0 Å². The van der Waals surface area contributed by atoms with Crippen molar-refractivity contribution in [3.8, 4) is 23.0 Å². The lowest BCUT2D eigenvalue weighted by atomic mass is 10.2. The fourth-order valence-corrected chi connectivity index (χ4v) is 1.96. The van der Waals surface area contributed by atoms with Gasteiger partial charge in [-0.05, 0) is 24.3 Å². The van der Waals surface area contributed by atoms with Crippen molar-refractivity contribution in [2.75, 3.05) is 14.2 Å². The number of ether oxygens (including phenoxy) is 2. The SMILES string of the molecule is COc1cc(OC)cc(-c2nc3ncccc3c(=O)o2)c1. The molecule has 3 aromatic rings. The number of pyridine rings is 1. The summed E-state index contributed by atoms with van der Waals surface area (Å²) in [4.78, 5) is 20.3. The van der Waals surface area contributed by atoms with E-state index in [4.69, 9.17) is 13.9 Å². The largest absolute Gasteiger partial charge is 0.497 e.